The van der Waals surface area contributed by atoms with Crippen LogP contribution in [0.1, 0.15) is 30.7 Å². The highest BCUT2D eigenvalue weighted by Crippen LogP contribution is 2.46. The van der Waals surface area contributed by atoms with Crippen LogP contribution >= 0.6 is 31.9 Å². The minimum Gasteiger partial charge on any atom is -0.487 e. The predicted molar refractivity (Wildman–Crippen MR) is 104 cm³/mol. The number of nitriles is 1. The van der Waals surface area contributed by atoms with E-state index in [2.05, 4.69) is 44.5 Å². The van der Waals surface area contributed by atoms with E-state index in [1.54, 1.807) is 6.08 Å². The van der Waals surface area contributed by atoms with Gasteiger partial charge in [0.2, 0.25) is 5.88 Å². The van der Waals surface area contributed by atoms with Gasteiger partial charge >= 0.3 is 0 Å². The van der Waals surface area contributed by atoms with Crippen molar-refractivity contribution in [2.45, 2.75) is 25.2 Å². The van der Waals surface area contributed by atoms with E-state index in [9.17, 15) is 10.1 Å². The molecule has 7 heteroatoms. The lowest BCUT2D eigenvalue weighted by Crippen LogP contribution is -2.27. The third kappa shape index (κ3) is 3.31. The van der Waals surface area contributed by atoms with Gasteiger partial charge in [-0.3, -0.25) is 4.79 Å². The highest BCUT2D eigenvalue weighted by molar-refractivity contribution is 9.11. The number of hydrogen-bond donors (Lipinski definition) is 1. The molecule has 0 bridgehead atoms. The molecular weight excluding hydrogens is 464 g/mol. The zero-order valence-corrected chi connectivity index (χ0v) is 17.0. The fourth-order valence-electron chi connectivity index (χ4n) is 3.22. The summed E-state index contributed by atoms with van der Waals surface area (Å²) >= 11 is 7.01. The first kappa shape index (κ1) is 18.7. The number of rotatable bonds is 4. The quantitative estimate of drug-likeness (QED) is 0.638. The van der Waals surface area contributed by atoms with Crippen molar-refractivity contribution < 1.29 is 14.3 Å². The molecule has 2 aliphatic rings. The third-order valence-electron chi connectivity index (χ3n) is 4.30. The van der Waals surface area contributed by atoms with Gasteiger partial charge in [0, 0.05) is 18.4 Å². The van der Waals surface area contributed by atoms with Crippen molar-refractivity contribution in [3.63, 3.8) is 0 Å². The summed E-state index contributed by atoms with van der Waals surface area (Å²) in [5, 5.41) is 9.62. The Labute approximate surface area is 168 Å². The van der Waals surface area contributed by atoms with Crippen LogP contribution in [0.3, 0.4) is 0 Å². The first-order valence-electron chi connectivity index (χ1n) is 8.04. The first-order valence-corrected chi connectivity index (χ1v) is 9.63. The zero-order chi connectivity index (χ0) is 18.8. The Morgan fingerprint density at radius 3 is 2.69 bits per heavy atom. The molecule has 0 aromatic heterocycles. The molecule has 0 saturated heterocycles. The highest BCUT2D eigenvalue weighted by atomic mass is 79.9. The Balaban J connectivity index is 2.14. The molecule has 0 unspecified atom stereocenters. The monoisotopic (exact) mass is 478 g/mol. The maximum atomic E-state index is 12.6. The second kappa shape index (κ2) is 7.68. The third-order valence-corrected chi connectivity index (χ3v) is 5.48. The van der Waals surface area contributed by atoms with Crippen molar-refractivity contribution in [3.05, 3.63) is 62.1 Å². The molecule has 0 saturated carbocycles. The Kier molecular flexibility index (Phi) is 5.54. The fourth-order valence-corrected chi connectivity index (χ4v) is 4.67. The van der Waals surface area contributed by atoms with Gasteiger partial charge in [0.1, 0.15) is 29.8 Å². The highest BCUT2D eigenvalue weighted by Gasteiger charge is 2.38. The Bertz CT molecular complexity index is 874. The van der Waals surface area contributed by atoms with Crippen LogP contribution < -0.4 is 10.5 Å². The second-order valence-corrected chi connectivity index (χ2v) is 7.66. The minimum absolute atomic E-state index is 0.00395. The van der Waals surface area contributed by atoms with Gasteiger partial charge in [-0.15, -0.1) is 0 Å². The number of ketones is 1. The summed E-state index contributed by atoms with van der Waals surface area (Å²) < 4.78 is 12.6. The van der Waals surface area contributed by atoms with Crippen molar-refractivity contribution >= 4 is 37.6 Å². The molecular formula is C19H16Br2N2O3. The molecule has 1 aliphatic heterocycles. The molecule has 0 radical (unpaired) electrons. The van der Waals surface area contributed by atoms with E-state index >= 15 is 0 Å². The standard InChI is InChI=1S/C19H16Br2N2O3/c1-2-6-25-18-12(20)7-10(8-13(18)21)16-11(9-22)19(23)26-15-5-3-4-14(24)17(15)16/h2,7-8,16H,1,3-6,23H2/t16-/m1/s1. The summed E-state index contributed by atoms with van der Waals surface area (Å²) in [5.41, 5.74) is 7.51. The van der Waals surface area contributed by atoms with Crippen LogP contribution in [-0.4, -0.2) is 12.4 Å². The topological polar surface area (TPSA) is 85.3 Å². The molecule has 1 aliphatic carbocycles. The largest absolute Gasteiger partial charge is 0.487 e. The molecule has 0 fully saturated rings. The molecule has 1 aromatic rings. The molecule has 1 aromatic carbocycles. The lowest BCUT2D eigenvalue weighted by molar-refractivity contribution is -0.116. The number of halogens is 2. The Morgan fingerprint density at radius 2 is 2.08 bits per heavy atom. The van der Waals surface area contributed by atoms with Gasteiger partial charge in [-0.2, -0.15) is 5.26 Å². The number of nitrogens with two attached hydrogens (primary N) is 1. The molecule has 1 heterocycles. The lowest BCUT2D eigenvalue weighted by Gasteiger charge is -2.31. The summed E-state index contributed by atoms with van der Waals surface area (Å²) in [6, 6.07) is 5.80. The van der Waals surface area contributed by atoms with Gasteiger partial charge in [0.25, 0.3) is 0 Å². The van der Waals surface area contributed by atoms with Crippen LogP contribution in [0.15, 0.2) is 56.5 Å². The van der Waals surface area contributed by atoms with Crippen molar-refractivity contribution in [3.8, 4) is 11.8 Å². The van der Waals surface area contributed by atoms with E-state index in [1.165, 1.54) is 0 Å². The zero-order valence-electron chi connectivity index (χ0n) is 13.9. The molecule has 1 atom stereocenters. The summed E-state index contributed by atoms with van der Waals surface area (Å²) in [7, 11) is 0. The molecule has 5 nitrogen and oxygen atoms in total. The number of Topliss-reactive ketones (excluding diaryl/α,β-unsaturated/α-hetero) is 1. The van der Waals surface area contributed by atoms with Crippen LogP contribution in [-0.2, 0) is 9.53 Å². The van der Waals surface area contributed by atoms with Gasteiger partial charge in [0.05, 0.1) is 14.9 Å². The van der Waals surface area contributed by atoms with Crippen molar-refractivity contribution in [1.29, 1.82) is 5.26 Å². The van der Waals surface area contributed by atoms with Crippen LogP contribution in [0, 0.1) is 11.3 Å². The van der Waals surface area contributed by atoms with Crippen molar-refractivity contribution in [2.24, 2.45) is 5.73 Å². The van der Waals surface area contributed by atoms with E-state index in [0.717, 1.165) is 12.0 Å². The average molecular weight is 480 g/mol. The minimum atomic E-state index is -0.544. The molecule has 0 amide bonds. The molecule has 26 heavy (non-hydrogen) atoms. The van der Waals surface area contributed by atoms with Crippen LogP contribution in [0.25, 0.3) is 0 Å². The molecule has 134 valence electrons. The SMILES string of the molecule is C=CCOc1c(Br)cc([C@@H]2C(C#N)=C(N)OC3=C2C(=O)CCC3)cc1Br. The molecule has 2 N–H and O–H groups in total. The van der Waals surface area contributed by atoms with E-state index < -0.39 is 5.92 Å². The number of benzene rings is 1. The van der Waals surface area contributed by atoms with Crippen LogP contribution in [0.5, 0.6) is 5.75 Å². The number of carbonyl (C=O) groups excluding carboxylic acids is 1. The summed E-state index contributed by atoms with van der Waals surface area (Å²) in [6.07, 6.45) is 3.46. The Morgan fingerprint density at radius 1 is 1.38 bits per heavy atom. The predicted octanol–water partition coefficient (Wildman–Crippen LogP) is 4.59. The van der Waals surface area contributed by atoms with Gasteiger partial charge < -0.3 is 15.2 Å². The van der Waals surface area contributed by atoms with E-state index in [1.807, 2.05) is 12.1 Å². The summed E-state index contributed by atoms with van der Waals surface area (Å²) in [4.78, 5) is 12.6. The number of hydrogen-bond acceptors (Lipinski definition) is 5. The van der Waals surface area contributed by atoms with Crippen LogP contribution in [0.4, 0.5) is 0 Å². The fraction of sp³-hybridized carbons (Fsp3) is 0.263. The van der Waals surface area contributed by atoms with Gasteiger partial charge in [-0.05, 0) is 56.0 Å². The molecule has 0 spiro atoms. The van der Waals surface area contributed by atoms with Crippen molar-refractivity contribution in [1.82, 2.24) is 0 Å². The Hall–Kier alpha value is -2.04. The second-order valence-electron chi connectivity index (χ2n) is 5.95. The van der Waals surface area contributed by atoms with Crippen molar-refractivity contribution in [2.75, 3.05) is 6.61 Å². The number of carbonyl (C=O) groups is 1. The summed E-state index contributed by atoms with van der Waals surface area (Å²) in [5.74, 6) is 0.709. The maximum Gasteiger partial charge on any atom is 0.205 e. The first-order chi connectivity index (χ1) is 12.5. The van der Waals surface area contributed by atoms with Crippen LogP contribution in [0.2, 0.25) is 0 Å². The summed E-state index contributed by atoms with van der Waals surface area (Å²) in [6.45, 7) is 4.00. The smallest absolute Gasteiger partial charge is 0.205 e. The average Bonchev–Trinajstić information content (AvgIpc) is 2.60. The number of nitrogens with zero attached hydrogens (tertiary/aromatic N) is 1. The maximum absolute atomic E-state index is 12.6. The number of allylic oxidation sites excluding steroid dienone is 3. The van der Waals surface area contributed by atoms with E-state index in [4.69, 9.17) is 15.2 Å². The normalized spacial score (nSPS) is 19.6. The number of ether oxygens (including phenoxy) is 2. The van der Waals surface area contributed by atoms with E-state index in [0.29, 0.717) is 45.5 Å². The molecule has 3 rings (SSSR count). The van der Waals surface area contributed by atoms with Gasteiger partial charge in [-0.1, -0.05) is 12.7 Å². The van der Waals surface area contributed by atoms with Gasteiger partial charge in [-0.25, -0.2) is 0 Å². The lowest BCUT2D eigenvalue weighted by atomic mass is 9.77. The van der Waals surface area contributed by atoms with E-state index in [-0.39, 0.29) is 17.2 Å². The van der Waals surface area contributed by atoms with Gasteiger partial charge in [0.15, 0.2) is 5.78 Å².